The lowest BCUT2D eigenvalue weighted by Crippen LogP contribution is -2.03. The molecule has 1 unspecified atom stereocenters. The molecule has 0 aliphatic rings. The summed E-state index contributed by atoms with van der Waals surface area (Å²) in [4.78, 5) is 4.00. The molecule has 1 N–H and O–H groups in total. The molecular formula is C22H14F3NO2. The normalized spacial score (nSPS) is 12.1. The van der Waals surface area contributed by atoms with E-state index in [1.807, 2.05) is 0 Å². The molecule has 0 radical (unpaired) electrons. The SMILES string of the molecule is OC(c1cccnc1)c1c(-c2ccc(F)cc2F)coc1-c1ccc(F)cc1. The van der Waals surface area contributed by atoms with Crippen LogP contribution in [0.15, 0.2) is 77.7 Å². The Morgan fingerprint density at radius 2 is 1.64 bits per heavy atom. The van der Waals surface area contributed by atoms with Crippen LogP contribution >= 0.6 is 0 Å². The largest absolute Gasteiger partial charge is 0.463 e. The van der Waals surface area contributed by atoms with E-state index in [0.29, 0.717) is 11.1 Å². The Morgan fingerprint density at radius 3 is 2.32 bits per heavy atom. The topological polar surface area (TPSA) is 46.3 Å². The minimum atomic E-state index is -1.19. The second-order valence-electron chi connectivity index (χ2n) is 6.21. The van der Waals surface area contributed by atoms with Crippen LogP contribution in [0.25, 0.3) is 22.5 Å². The lowest BCUT2D eigenvalue weighted by molar-refractivity contribution is 0.220. The minimum absolute atomic E-state index is 0.0800. The summed E-state index contributed by atoms with van der Waals surface area (Å²) in [6.07, 6.45) is 3.15. The molecule has 4 rings (SSSR count). The Hall–Kier alpha value is -3.38. The molecule has 3 nitrogen and oxygen atoms in total. The monoisotopic (exact) mass is 381 g/mol. The number of hydrogen-bond acceptors (Lipinski definition) is 3. The fourth-order valence-corrected chi connectivity index (χ4v) is 3.08. The fraction of sp³-hybridized carbons (Fsp3) is 0.0455. The average Bonchev–Trinajstić information content (AvgIpc) is 3.13. The van der Waals surface area contributed by atoms with Gasteiger partial charge in [0.15, 0.2) is 0 Å². The Labute approximate surface area is 158 Å². The third kappa shape index (κ3) is 3.30. The van der Waals surface area contributed by atoms with Crippen LogP contribution < -0.4 is 0 Å². The van der Waals surface area contributed by atoms with Gasteiger partial charge in [0.2, 0.25) is 0 Å². The van der Waals surface area contributed by atoms with E-state index in [4.69, 9.17) is 4.42 Å². The number of halogens is 3. The quantitative estimate of drug-likeness (QED) is 0.507. The molecule has 4 aromatic rings. The van der Waals surface area contributed by atoms with Crippen LogP contribution in [-0.4, -0.2) is 10.1 Å². The number of hydrogen-bond donors (Lipinski definition) is 1. The maximum Gasteiger partial charge on any atom is 0.140 e. The van der Waals surface area contributed by atoms with Crippen molar-refractivity contribution in [3.63, 3.8) is 0 Å². The zero-order chi connectivity index (χ0) is 19.7. The van der Waals surface area contributed by atoms with Crippen LogP contribution in [0.1, 0.15) is 17.2 Å². The number of aromatic nitrogens is 1. The van der Waals surface area contributed by atoms with Gasteiger partial charge in [-0.15, -0.1) is 0 Å². The second-order valence-corrected chi connectivity index (χ2v) is 6.21. The lowest BCUT2D eigenvalue weighted by Gasteiger charge is -2.14. The molecule has 0 aliphatic carbocycles. The van der Waals surface area contributed by atoms with Gasteiger partial charge in [-0.25, -0.2) is 13.2 Å². The van der Waals surface area contributed by atoms with Crippen molar-refractivity contribution in [2.75, 3.05) is 0 Å². The van der Waals surface area contributed by atoms with Gasteiger partial charge in [0.25, 0.3) is 0 Å². The molecule has 0 saturated heterocycles. The number of pyridine rings is 1. The number of nitrogens with zero attached hydrogens (tertiary/aromatic N) is 1. The first-order valence-corrected chi connectivity index (χ1v) is 8.45. The highest BCUT2D eigenvalue weighted by Gasteiger charge is 2.26. The molecule has 28 heavy (non-hydrogen) atoms. The van der Waals surface area contributed by atoms with Crippen molar-refractivity contribution in [2.24, 2.45) is 0 Å². The molecule has 2 aromatic carbocycles. The third-order valence-corrected chi connectivity index (χ3v) is 4.43. The van der Waals surface area contributed by atoms with Gasteiger partial charge in [0, 0.05) is 46.3 Å². The van der Waals surface area contributed by atoms with Gasteiger partial charge in [-0.1, -0.05) is 6.07 Å². The molecule has 0 aliphatic heterocycles. The zero-order valence-electron chi connectivity index (χ0n) is 14.4. The third-order valence-electron chi connectivity index (χ3n) is 4.43. The number of furan rings is 1. The van der Waals surface area contributed by atoms with Crippen molar-refractivity contribution in [1.29, 1.82) is 0 Å². The Balaban J connectivity index is 1.93. The fourth-order valence-electron chi connectivity index (χ4n) is 3.08. The number of aliphatic hydroxyl groups is 1. The molecule has 0 saturated carbocycles. The van der Waals surface area contributed by atoms with Crippen LogP contribution in [0.4, 0.5) is 13.2 Å². The maximum atomic E-state index is 14.4. The molecular weight excluding hydrogens is 367 g/mol. The Bertz CT molecular complexity index is 1110. The Morgan fingerprint density at radius 1 is 0.893 bits per heavy atom. The smallest absolute Gasteiger partial charge is 0.140 e. The molecule has 0 bridgehead atoms. The molecule has 140 valence electrons. The highest BCUT2D eigenvalue weighted by molar-refractivity contribution is 5.77. The predicted molar refractivity (Wildman–Crippen MR) is 97.8 cm³/mol. The lowest BCUT2D eigenvalue weighted by atomic mass is 9.93. The summed E-state index contributed by atoms with van der Waals surface area (Å²) < 4.78 is 46.7. The van der Waals surface area contributed by atoms with E-state index in [-0.39, 0.29) is 22.5 Å². The van der Waals surface area contributed by atoms with E-state index in [1.165, 1.54) is 42.8 Å². The van der Waals surface area contributed by atoms with E-state index < -0.39 is 23.6 Å². The molecule has 0 amide bonds. The highest BCUT2D eigenvalue weighted by Crippen LogP contribution is 2.41. The van der Waals surface area contributed by atoms with Crippen molar-refractivity contribution in [1.82, 2.24) is 4.98 Å². The predicted octanol–water partition coefficient (Wildman–Crippen LogP) is 5.51. The summed E-state index contributed by atoms with van der Waals surface area (Å²) in [7, 11) is 0. The maximum absolute atomic E-state index is 14.4. The van der Waals surface area contributed by atoms with Crippen LogP contribution in [0.3, 0.4) is 0 Å². The van der Waals surface area contributed by atoms with Crippen molar-refractivity contribution in [3.8, 4) is 22.5 Å². The van der Waals surface area contributed by atoms with Crippen molar-refractivity contribution in [2.45, 2.75) is 6.10 Å². The first-order valence-electron chi connectivity index (χ1n) is 8.45. The van der Waals surface area contributed by atoms with E-state index in [9.17, 15) is 18.3 Å². The van der Waals surface area contributed by atoms with Gasteiger partial charge >= 0.3 is 0 Å². The van der Waals surface area contributed by atoms with Gasteiger partial charge in [-0.05, 0) is 42.5 Å². The zero-order valence-corrected chi connectivity index (χ0v) is 14.4. The first kappa shape index (κ1) is 18.0. The van der Waals surface area contributed by atoms with Gasteiger partial charge in [0.05, 0.1) is 6.26 Å². The van der Waals surface area contributed by atoms with Crippen molar-refractivity contribution >= 4 is 0 Å². The van der Waals surface area contributed by atoms with E-state index in [2.05, 4.69) is 4.98 Å². The van der Waals surface area contributed by atoms with Crippen molar-refractivity contribution in [3.05, 3.63) is 102 Å². The van der Waals surface area contributed by atoms with Crippen molar-refractivity contribution < 1.29 is 22.7 Å². The molecule has 2 heterocycles. The molecule has 0 fully saturated rings. The summed E-state index contributed by atoms with van der Waals surface area (Å²) in [5.41, 5.74) is 1.61. The molecule has 6 heteroatoms. The first-order chi connectivity index (χ1) is 13.5. The number of rotatable bonds is 4. The Kier molecular flexibility index (Phi) is 4.71. The number of benzene rings is 2. The summed E-state index contributed by atoms with van der Waals surface area (Å²) in [6, 6.07) is 12.0. The number of aliphatic hydroxyl groups excluding tert-OH is 1. The second kappa shape index (κ2) is 7.32. The summed E-state index contributed by atoms with van der Waals surface area (Å²) >= 11 is 0. The summed E-state index contributed by atoms with van der Waals surface area (Å²) in [6.45, 7) is 0. The van der Waals surface area contributed by atoms with E-state index >= 15 is 0 Å². The van der Waals surface area contributed by atoms with Crippen LogP contribution in [0.5, 0.6) is 0 Å². The molecule has 0 spiro atoms. The standard InChI is InChI=1S/C22H14F3NO2/c23-15-5-3-13(4-6-15)22-20(21(27)14-2-1-9-26-11-14)18(12-28-22)17-8-7-16(24)10-19(17)25/h1-12,21,27H. The van der Waals surface area contributed by atoms with Gasteiger partial charge in [-0.3, -0.25) is 4.98 Å². The van der Waals surface area contributed by atoms with Crippen LogP contribution in [-0.2, 0) is 0 Å². The van der Waals surface area contributed by atoms with E-state index in [0.717, 1.165) is 12.1 Å². The minimum Gasteiger partial charge on any atom is -0.463 e. The molecule has 2 aromatic heterocycles. The van der Waals surface area contributed by atoms with Gasteiger partial charge in [0.1, 0.15) is 29.3 Å². The highest BCUT2D eigenvalue weighted by atomic mass is 19.1. The summed E-state index contributed by atoms with van der Waals surface area (Å²) in [5.74, 6) is -1.66. The van der Waals surface area contributed by atoms with Gasteiger partial charge in [-0.2, -0.15) is 0 Å². The average molecular weight is 381 g/mol. The van der Waals surface area contributed by atoms with Crippen LogP contribution in [0, 0.1) is 17.5 Å². The van der Waals surface area contributed by atoms with Gasteiger partial charge < -0.3 is 9.52 Å². The molecule has 1 atom stereocenters. The van der Waals surface area contributed by atoms with Crippen LogP contribution in [0.2, 0.25) is 0 Å². The van der Waals surface area contributed by atoms with E-state index in [1.54, 1.807) is 18.3 Å². The summed E-state index contributed by atoms with van der Waals surface area (Å²) in [5, 5.41) is 11.0.